The highest BCUT2D eigenvalue weighted by Gasteiger charge is 2.16. The Kier molecular flexibility index (Phi) is 3.10. The van der Waals surface area contributed by atoms with Gasteiger partial charge in [-0.15, -0.1) is 0 Å². The molecule has 0 aromatic carbocycles. The van der Waals surface area contributed by atoms with E-state index in [1.165, 1.54) is 12.0 Å². The van der Waals surface area contributed by atoms with Crippen LogP contribution in [0.3, 0.4) is 0 Å². The Hall–Kier alpha value is -0.560. The highest BCUT2D eigenvalue weighted by Crippen LogP contribution is 2.21. The van der Waals surface area contributed by atoms with Crippen molar-refractivity contribution in [2.24, 2.45) is 17.6 Å². The molecule has 2 unspecified atom stereocenters. The Labute approximate surface area is 75.3 Å². The van der Waals surface area contributed by atoms with Crippen LogP contribution in [0.4, 0.5) is 0 Å². The summed E-state index contributed by atoms with van der Waals surface area (Å²) in [5.74, 6) is 1.28. The fraction of sp³-hybridized carbons (Fsp3) is 0.636. The van der Waals surface area contributed by atoms with E-state index >= 15 is 0 Å². The summed E-state index contributed by atoms with van der Waals surface area (Å²) >= 11 is 0. The number of allylic oxidation sites excluding steroid dienone is 2. The number of rotatable bonds is 2. The molecule has 0 heterocycles. The van der Waals surface area contributed by atoms with Crippen molar-refractivity contribution in [2.75, 3.05) is 0 Å². The Morgan fingerprint density at radius 3 is 2.67 bits per heavy atom. The fourth-order valence-electron chi connectivity index (χ4n) is 1.67. The highest BCUT2D eigenvalue weighted by atomic mass is 14.6. The molecule has 0 bridgehead atoms. The summed E-state index contributed by atoms with van der Waals surface area (Å²) < 4.78 is 0. The van der Waals surface area contributed by atoms with E-state index in [1.54, 1.807) is 0 Å². The molecule has 2 atom stereocenters. The number of hydrogen-bond donors (Lipinski definition) is 1. The number of nitrogens with two attached hydrogens (primary N) is 1. The van der Waals surface area contributed by atoms with Crippen molar-refractivity contribution in [1.82, 2.24) is 0 Å². The molecule has 1 nitrogen and oxygen atoms in total. The first-order valence-corrected chi connectivity index (χ1v) is 4.72. The molecule has 0 saturated carbocycles. The molecule has 12 heavy (non-hydrogen) atoms. The molecule has 0 fully saturated rings. The molecule has 1 aliphatic carbocycles. The van der Waals surface area contributed by atoms with E-state index in [0.717, 1.165) is 5.92 Å². The molecule has 0 amide bonds. The SMILES string of the molecule is CC1=CC(N)C(CC(C)C)C=C1. The normalized spacial score (nSPS) is 29.2. The van der Waals surface area contributed by atoms with E-state index in [1.807, 2.05) is 0 Å². The smallest absolute Gasteiger partial charge is 0.0293 e. The second kappa shape index (κ2) is 3.90. The average Bonchev–Trinajstić information content (AvgIpc) is 1.94. The van der Waals surface area contributed by atoms with Gasteiger partial charge >= 0.3 is 0 Å². The second-order valence-corrected chi connectivity index (χ2v) is 4.14. The molecule has 2 N–H and O–H groups in total. The van der Waals surface area contributed by atoms with Crippen LogP contribution in [0.15, 0.2) is 23.8 Å². The van der Waals surface area contributed by atoms with Gasteiger partial charge in [-0.25, -0.2) is 0 Å². The van der Waals surface area contributed by atoms with Crippen molar-refractivity contribution in [2.45, 2.75) is 33.2 Å². The zero-order valence-electron chi connectivity index (χ0n) is 8.25. The van der Waals surface area contributed by atoms with Gasteiger partial charge in [-0.05, 0) is 25.2 Å². The van der Waals surface area contributed by atoms with Crippen LogP contribution in [0.5, 0.6) is 0 Å². The zero-order valence-corrected chi connectivity index (χ0v) is 8.25. The molecular formula is C11H19N. The van der Waals surface area contributed by atoms with Crippen molar-refractivity contribution in [3.05, 3.63) is 23.8 Å². The van der Waals surface area contributed by atoms with Gasteiger partial charge in [0, 0.05) is 6.04 Å². The van der Waals surface area contributed by atoms with Gasteiger partial charge in [-0.1, -0.05) is 37.6 Å². The minimum Gasteiger partial charge on any atom is -0.324 e. The molecule has 68 valence electrons. The van der Waals surface area contributed by atoms with Gasteiger partial charge in [0.25, 0.3) is 0 Å². The van der Waals surface area contributed by atoms with E-state index in [9.17, 15) is 0 Å². The van der Waals surface area contributed by atoms with Gasteiger partial charge < -0.3 is 5.73 Å². The molecule has 0 aromatic heterocycles. The van der Waals surface area contributed by atoms with Crippen LogP contribution in [0.2, 0.25) is 0 Å². The first-order chi connectivity index (χ1) is 5.59. The Morgan fingerprint density at radius 2 is 2.17 bits per heavy atom. The van der Waals surface area contributed by atoms with Crippen molar-refractivity contribution < 1.29 is 0 Å². The predicted octanol–water partition coefficient (Wildman–Crippen LogP) is 2.49. The third kappa shape index (κ3) is 2.49. The van der Waals surface area contributed by atoms with E-state index in [4.69, 9.17) is 5.73 Å². The van der Waals surface area contributed by atoms with E-state index < -0.39 is 0 Å². The van der Waals surface area contributed by atoms with Gasteiger partial charge in [0.2, 0.25) is 0 Å². The van der Waals surface area contributed by atoms with Crippen LogP contribution in [-0.2, 0) is 0 Å². The van der Waals surface area contributed by atoms with Gasteiger partial charge in [0.05, 0.1) is 0 Å². The highest BCUT2D eigenvalue weighted by molar-refractivity contribution is 5.25. The van der Waals surface area contributed by atoms with Crippen molar-refractivity contribution >= 4 is 0 Å². The van der Waals surface area contributed by atoms with Gasteiger partial charge in [-0.3, -0.25) is 0 Å². The van der Waals surface area contributed by atoms with Gasteiger partial charge in [0.15, 0.2) is 0 Å². The lowest BCUT2D eigenvalue weighted by Crippen LogP contribution is -2.29. The van der Waals surface area contributed by atoms with Crippen LogP contribution in [-0.4, -0.2) is 6.04 Å². The Balaban J connectivity index is 2.54. The van der Waals surface area contributed by atoms with Gasteiger partial charge in [-0.2, -0.15) is 0 Å². The van der Waals surface area contributed by atoms with Crippen LogP contribution in [0, 0.1) is 11.8 Å². The topological polar surface area (TPSA) is 26.0 Å². The molecule has 0 spiro atoms. The van der Waals surface area contributed by atoms with Crippen molar-refractivity contribution in [3.8, 4) is 0 Å². The molecule has 0 saturated heterocycles. The first-order valence-electron chi connectivity index (χ1n) is 4.72. The second-order valence-electron chi connectivity index (χ2n) is 4.14. The fourth-order valence-corrected chi connectivity index (χ4v) is 1.67. The summed E-state index contributed by atoms with van der Waals surface area (Å²) in [6, 6.07) is 0.234. The summed E-state index contributed by atoms with van der Waals surface area (Å²) in [5, 5.41) is 0. The predicted molar refractivity (Wildman–Crippen MR) is 53.8 cm³/mol. The minimum atomic E-state index is 0.234. The molecule has 1 aliphatic rings. The zero-order chi connectivity index (χ0) is 9.14. The largest absolute Gasteiger partial charge is 0.324 e. The lowest BCUT2D eigenvalue weighted by atomic mass is 9.86. The van der Waals surface area contributed by atoms with E-state index in [-0.39, 0.29) is 6.04 Å². The summed E-state index contributed by atoms with van der Waals surface area (Å²) in [6.45, 7) is 6.58. The summed E-state index contributed by atoms with van der Waals surface area (Å²) in [4.78, 5) is 0. The molecule has 1 heteroatoms. The molecule has 0 aliphatic heterocycles. The van der Waals surface area contributed by atoms with Gasteiger partial charge in [0.1, 0.15) is 0 Å². The summed E-state index contributed by atoms with van der Waals surface area (Å²) in [5.41, 5.74) is 7.28. The van der Waals surface area contributed by atoms with Crippen LogP contribution < -0.4 is 5.73 Å². The Bertz CT molecular complexity index is 201. The molecule has 1 rings (SSSR count). The number of hydrogen-bond acceptors (Lipinski definition) is 1. The maximum atomic E-state index is 5.99. The van der Waals surface area contributed by atoms with Crippen molar-refractivity contribution in [1.29, 1.82) is 0 Å². The molecule has 0 radical (unpaired) electrons. The lowest BCUT2D eigenvalue weighted by Gasteiger charge is -2.23. The maximum absolute atomic E-state index is 5.99. The quantitative estimate of drug-likeness (QED) is 0.668. The molecular weight excluding hydrogens is 146 g/mol. The van der Waals surface area contributed by atoms with E-state index in [2.05, 4.69) is 39.0 Å². The Morgan fingerprint density at radius 1 is 1.50 bits per heavy atom. The summed E-state index contributed by atoms with van der Waals surface area (Å²) in [6.07, 6.45) is 7.78. The molecule has 0 aromatic rings. The lowest BCUT2D eigenvalue weighted by molar-refractivity contribution is 0.440. The first kappa shape index (κ1) is 9.53. The van der Waals surface area contributed by atoms with E-state index in [0.29, 0.717) is 5.92 Å². The minimum absolute atomic E-state index is 0.234. The summed E-state index contributed by atoms with van der Waals surface area (Å²) in [7, 11) is 0. The maximum Gasteiger partial charge on any atom is 0.0293 e. The van der Waals surface area contributed by atoms with Crippen LogP contribution in [0.25, 0.3) is 0 Å². The van der Waals surface area contributed by atoms with Crippen LogP contribution in [0.1, 0.15) is 27.2 Å². The van der Waals surface area contributed by atoms with Crippen molar-refractivity contribution in [3.63, 3.8) is 0 Å². The monoisotopic (exact) mass is 165 g/mol. The van der Waals surface area contributed by atoms with Crippen LogP contribution >= 0.6 is 0 Å². The average molecular weight is 165 g/mol. The third-order valence-corrected chi connectivity index (χ3v) is 2.30. The standard InChI is InChI=1S/C11H19N/c1-8(2)6-10-5-4-9(3)7-11(10)12/h4-5,7-8,10-11H,6,12H2,1-3H3. The third-order valence-electron chi connectivity index (χ3n) is 2.30.